The number of carbonyl (C=O) groups is 3. The monoisotopic (exact) mass is 436 g/mol. The fourth-order valence-electron chi connectivity index (χ4n) is 2.71. The van der Waals surface area contributed by atoms with Gasteiger partial charge in [0.25, 0.3) is 0 Å². The van der Waals surface area contributed by atoms with E-state index >= 15 is 0 Å². The van der Waals surface area contributed by atoms with E-state index in [1.54, 1.807) is 34.6 Å². The van der Waals surface area contributed by atoms with Crippen LogP contribution >= 0.6 is 0 Å². The number of halogens is 1. The summed E-state index contributed by atoms with van der Waals surface area (Å²) in [6.07, 6.45) is 0.218. The highest BCUT2D eigenvalue weighted by Gasteiger charge is 2.25. The second-order valence-electron chi connectivity index (χ2n) is 8.49. The number of methoxy groups -OCH3 is 1. The van der Waals surface area contributed by atoms with E-state index in [4.69, 9.17) is 4.74 Å². The van der Waals surface area contributed by atoms with E-state index in [2.05, 4.69) is 15.4 Å². The summed E-state index contributed by atoms with van der Waals surface area (Å²) in [5, 5.41) is 5.07. The van der Waals surface area contributed by atoms with Crippen molar-refractivity contribution in [2.75, 3.05) is 7.11 Å². The second kappa shape index (κ2) is 12.1. The van der Waals surface area contributed by atoms with E-state index in [9.17, 15) is 18.8 Å². The quantitative estimate of drug-likeness (QED) is 0.576. The first kappa shape index (κ1) is 26.1. The number of hydrogen-bond acceptors (Lipinski definition) is 5. The first-order valence-electron chi connectivity index (χ1n) is 10.2. The number of alkyl carbamates (subject to hydrolysis) is 1. The number of ether oxygens (including phenoxy) is 2. The van der Waals surface area contributed by atoms with Gasteiger partial charge in [-0.15, -0.1) is 0 Å². The molecule has 0 aliphatic heterocycles. The van der Waals surface area contributed by atoms with Crippen molar-refractivity contribution >= 4 is 18.0 Å². The van der Waals surface area contributed by atoms with Crippen LogP contribution in [0.3, 0.4) is 0 Å². The number of benzene rings is 1. The number of amides is 2. The van der Waals surface area contributed by atoms with Gasteiger partial charge in [-0.1, -0.05) is 44.2 Å². The molecule has 0 aliphatic carbocycles. The molecule has 0 radical (unpaired) electrons. The molecule has 2 amide bonds. The number of nitrogens with one attached hydrogen (secondary N) is 2. The molecule has 0 saturated heterocycles. The average molecular weight is 437 g/mol. The minimum absolute atomic E-state index is 0.181. The van der Waals surface area contributed by atoms with Crippen LogP contribution in [0.2, 0.25) is 0 Å². The van der Waals surface area contributed by atoms with E-state index in [1.807, 2.05) is 30.3 Å². The Morgan fingerprint density at radius 1 is 1.10 bits per heavy atom. The van der Waals surface area contributed by atoms with E-state index in [1.165, 1.54) is 7.11 Å². The minimum atomic E-state index is -1.01. The van der Waals surface area contributed by atoms with Crippen LogP contribution < -0.4 is 10.6 Å². The van der Waals surface area contributed by atoms with Crippen molar-refractivity contribution in [2.45, 2.75) is 65.1 Å². The lowest BCUT2D eigenvalue weighted by Crippen LogP contribution is -2.45. The zero-order valence-corrected chi connectivity index (χ0v) is 19.0. The maximum atomic E-state index is 14.9. The van der Waals surface area contributed by atoms with Gasteiger partial charge < -0.3 is 20.1 Å². The summed E-state index contributed by atoms with van der Waals surface area (Å²) < 4.78 is 24.9. The third-order valence-electron chi connectivity index (χ3n) is 4.23. The zero-order valence-electron chi connectivity index (χ0n) is 19.0. The van der Waals surface area contributed by atoms with Gasteiger partial charge in [-0.2, -0.15) is 0 Å². The molecule has 0 aliphatic rings. The first-order chi connectivity index (χ1) is 14.4. The number of carbonyl (C=O) groups excluding carboxylic acids is 3. The zero-order chi connectivity index (χ0) is 23.6. The van der Waals surface area contributed by atoms with Crippen LogP contribution in [0.4, 0.5) is 9.18 Å². The lowest BCUT2D eigenvalue weighted by atomic mass is 10.0. The smallest absolute Gasteiger partial charge is 0.408 e. The lowest BCUT2D eigenvalue weighted by Gasteiger charge is -2.23. The SMILES string of the molecule is COC(=O)[C@@H](NC(=O)C/C=C(/F)C(Cc1ccccc1)NC(=O)OC(C)(C)C)C(C)C. The van der Waals surface area contributed by atoms with Crippen LogP contribution in [-0.4, -0.2) is 42.8 Å². The normalized spacial score (nSPS) is 13.9. The largest absolute Gasteiger partial charge is 0.467 e. The molecule has 31 heavy (non-hydrogen) atoms. The van der Waals surface area contributed by atoms with Crippen molar-refractivity contribution in [1.82, 2.24) is 10.6 Å². The molecule has 0 fully saturated rings. The van der Waals surface area contributed by atoms with Gasteiger partial charge in [-0.25, -0.2) is 14.0 Å². The Kier molecular flexibility index (Phi) is 10.2. The van der Waals surface area contributed by atoms with Crippen LogP contribution in [0.25, 0.3) is 0 Å². The molecule has 0 heterocycles. The Bertz CT molecular complexity index is 772. The third-order valence-corrected chi connectivity index (χ3v) is 4.23. The Morgan fingerprint density at radius 3 is 2.23 bits per heavy atom. The standard InChI is InChI=1S/C23H33FN2O5/c1-15(2)20(21(28)30-6)26-19(27)13-12-17(24)18(14-16-10-8-7-9-11-16)25-22(29)31-23(3,4)5/h7-12,15,18,20H,13-14H2,1-6H3,(H,25,29)(H,26,27)/b17-12+/t18?,20-/m0/s1. The van der Waals surface area contributed by atoms with Gasteiger partial charge in [-0.05, 0) is 44.7 Å². The Morgan fingerprint density at radius 2 is 1.71 bits per heavy atom. The van der Waals surface area contributed by atoms with Gasteiger partial charge in [0.2, 0.25) is 5.91 Å². The molecule has 1 unspecified atom stereocenters. The van der Waals surface area contributed by atoms with Crippen molar-refractivity contribution in [3.05, 3.63) is 47.8 Å². The summed E-state index contributed by atoms with van der Waals surface area (Å²) in [6.45, 7) is 8.66. The maximum Gasteiger partial charge on any atom is 0.408 e. The molecule has 2 N–H and O–H groups in total. The van der Waals surface area contributed by atoms with Crippen LogP contribution in [0.1, 0.15) is 46.6 Å². The summed E-state index contributed by atoms with van der Waals surface area (Å²) in [4.78, 5) is 36.2. The molecule has 8 heteroatoms. The van der Waals surface area contributed by atoms with Gasteiger partial charge in [0, 0.05) is 6.42 Å². The molecule has 0 saturated carbocycles. The van der Waals surface area contributed by atoms with E-state index in [-0.39, 0.29) is 18.8 Å². The molecule has 0 aromatic heterocycles. The number of hydrogen-bond donors (Lipinski definition) is 2. The van der Waals surface area contributed by atoms with E-state index in [0.717, 1.165) is 11.6 Å². The van der Waals surface area contributed by atoms with Gasteiger partial charge in [0.05, 0.1) is 13.2 Å². The van der Waals surface area contributed by atoms with Gasteiger partial charge >= 0.3 is 12.1 Å². The topological polar surface area (TPSA) is 93.7 Å². The van der Waals surface area contributed by atoms with Gasteiger partial charge in [0.15, 0.2) is 0 Å². The van der Waals surface area contributed by atoms with Crippen LogP contribution in [0.15, 0.2) is 42.2 Å². The predicted octanol–water partition coefficient (Wildman–Crippen LogP) is 3.68. The summed E-state index contributed by atoms with van der Waals surface area (Å²) >= 11 is 0. The summed E-state index contributed by atoms with van der Waals surface area (Å²) in [7, 11) is 1.24. The molecule has 0 spiro atoms. The van der Waals surface area contributed by atoms with Crippen LogP contribution in [0.5, 0.6) is 0 Å². The first-order valence-corrected chi connectivity index (χ1v) is 10.2. The minimum Gasteiger partial charge on any atom is -0.467 e. The Balaban J connectivity index is 2.90. The summed E-state index contributed by atoms with van der Waals surface area (Å²) in [5.74, 6) is -1.97. The van der Waals surface area contributed by atoms with Crippen LogP contribution in [0, 0.1) is 5.92 Å². The highest BCUT2D eigenvalue weighted by molar-refractivity contribution is 5.85. The van der Waals surface area contributed by atoms with E-state index < -0.39 is 41.5 Å². The third kappa shape index (κ3) is 10.1. The second-order valence-corrected chi connectivity index (χ2v) is 8.49. The maximum absolute atomic E-state index is 14.9. The van der Waals surface area contributed by atoms with Crippen LogP contribution in [-0.2, 0) is 25.5 Å². The van der Waals surface area contributed by atoms with Crippen molar-refractivity contribution in [1.29, 1.82) is 0 Å². The highest BCUT2D eigenvalue weighted by atomic mass is 19.1. The number of rotatable bonds is 9. The molecule has 1 aromatic rings. The van der Waals surface area contributed by atoms with Gasteiger partial charge in [-0.3, -0.25) is 4.79 Å². The Hall–Kier alpha value is -2.90. The molecule has 1 rings (SSSR count). The van der Waals surface area contributed by atoms with Crippen molar-refractivity contribution < 1.29 is 28.2 Å². The average Bonchev–Trinajstić information content (AvgIpc) is 2.68. The predicted molar refractivity (Wildman–Crippen MR) is 116 cm³/mol. The summed E-state index contributed by atoms with van der Waals surface area (Å²) in [6, 6.07) is 7.26. The molecule has 0 bridgehead atoms. The lowest BCUT2D eigenvalue weighted by molar-refractivity contribution is -0.146. The molecular formula is C23H33FN2O5. The van der Waals surface area contributed by atoms with Crippen molar-refractivity contribution in [2.24, 2.45) is 5.92 Å². The molecule has 172 valence electrons. The molecular weight excluding hydrogens is 403 g/mol. The van der Waals surface area contributed by atoms with Gasteiger partial charge in [0.1, 0.15) is 17.5 Å². The molecule has 7 nitrogen and oxygen atoms in total. The Labute approximate surface area is 183 Å². The fraction of sp³-hybridized carbons (Fsp3) is 0.522. The molecule has 2 atom stereocenters. The van der Waals surface area contributed by atoms with E-state index in [0.29, 0.717) is 0 Å². The summed E-state index contributed by atoms with van der Waals surface area (Å²) in [5.41, 5.74) is 0.0726. The number of esters is 1. The molecule has 1 aromatic carbocycles. The van der Waals surface area contributed by atoms with Crippen molar-refractivity contribution in [3.63, 3.8) is 0 Å². The fourth-order valence-corrected chi connectivity index (χ4v) is 2.71. The van der Waals surface area contributed by atoms with Crippen molar-refractivity contribution in [3.8, 4) is 0 Å². The highest BCUT2D eigenvalue weighted by Crippen LogP contribution is 2.15.